The van der Waals surface area contributed by atoms with Crippen molar-refractivity contribution in [3.05, 3.63) is 41.5 Å². The highest BCUT2D eigenvalue weighted by atomic mass is 16.4. The molecule has 0 aromatic heterocycles. The number of hydrogen-bond acceptors (Lipinski definition) is 4. The lowest BCUT2D eigenvalue weighted by atomic mass is 10.1. The van der Waals surface area contributed by atoms with Crippen molar-refractivity contribution in [2.24, 2.45) is 0 Å². The fourth-order valence-corrected chi connectivity index (χ4v) is 1.87. The van der Waals surface area contributed by atoms with Crippen LogP contribution < -0.4 is 5.32 Å². The summed E-state index contributed by atoms with van der Waals surface area (Å²) in [6.07, 6.45) is 2.39. The summed E-state index contributed by atoms with van der Waals surface area (Å²) in [4.78, 5) is 46.2. The van der Waals surface area contributed by atoms with Crippen LogP contribution in [0.4, 0.5) is 0 Å². The molecule has 0 radical (unpaired) electrons. The van der Waals surface area contributed by atoms with Crippen LogP contribution in [0.5, 0.6) is 0 Å². The van der Waals surface area contributed by atoms with Gasteiger partial charge < -0.3 is 10.0 Å². The summed E-state index contributed by atoms with van der Waals surface area (Å²) >= 11 is 0. The molecule has 0 spiro atoms. The average molecular weight is 288 g/mol. The van der Waals surface area contributed by atoms with Crippen LogP contribution in [0, 0.1) is 0 Å². The van der Waals surface area contributed by atoms with Crippen molar-refractivity contribution in [2.45, 2.75) is 0 Å². The highest BCUT2D eigenvalue weighted by molar-refractivity contribution is 6.05. The van der Waals surface area contributed by atoms with E-state index in [1.165, 1.54) is 18.2 Å². The normalized spacial score (nSPS) is 15.1. The number of carbonyl (C=O) groups is 4. The van der Waals surface area contributed by atoms with Crippen molar-refractivity contribution >= 4 is 29.8 Å². The van der Waals surface area contributed by atoms with Crippen LogP contribution in [-0.4, -0.2) is 46.8 Å². The van der Waals surface area contributed by atoms with E-state index in [1.807, 2.05) is 0 Å². The zero-order chi connectivity index (χ0) is 15.4. The molecular weight excluding hydrogens is 276 g/mol. The highest BCUT2D eigenvalue weighted by Crippen LogP contribution is 2.10. The third-order valence-electron chi connectivity index (χ3n) is 2.81. The number of carbonyl (C=O) groups excluding carboxylic acids is 3. The molecule has 2 rings (SSSR count). The number of imide groups is 1. The number of nitrogens with zero attached hydrogens (tertiary/aromatic N) is 1. The summed E-state index contributed by atoms with van der Waals surface area (Å²) < 4.78 is 0. The average Bonchev–Trinajstić information content (AvgIpc) is 2.44. The molecule has 7 nitrogen and oxygen atoms in total. The Morgan fingerprint density at radius 2 is 1.67 bits per heavy atom. The smallest absolute Gasteiger partial charge is 0.328 e. The van der Waals surface area contributed by atoms with Crippen molar-refractivity contribution in [3.8, 4) is 0 Å². The Kier molecular flexibility index (Phi) is 4.13. The molecule has 1 aromatic carbocycles. The van der Waals surface area contributed by atoms with E-state index in [-0.39, 0.29) is 13.1 Å². The van der Waals surface area contributed by atoms with Gasteiger partial charge in [-0.25, -0.2) is 4.79 Å². The maximum absolute atomic E-state index is 12.1. The van der Waals surface area contributed by atoms with Crippen molar-refractivity contribution in [3.63, 3.8) is 0 Å². The van der Waals surface area contributed by atoms with Crippen LogP contribution in [0.2, 0.25) is 0 Å². The van der Waals surface area contributed by atoms with Gasteiger partial charge in [0, 0.05) is 11.6 Å². The summed E-state index contributed by atoms with van der Waals surface area (Å²) in [6, 6.07) is 6.19. The Bertz CT molecular complexity index is 617. The number of benzene rings is 1. The van der Waals surface area contributed by atoms with Crippen molar-refractivity contribution in [1.29, 1.82) is 0 Å². The number of hydrogen-bond donors (Lipinski definition) is 2. The van der Waals surface area contributed by atoms with Gasteiger partial charge in [0.15, 0.2) is 0 Å². The SMILES string of the molecule is O=C(O)C=Cc1ccc(C(=O)N2CC(=O)NC(=O)C2)cc1. The molecule has 1 aromatic rings. The van der Waals surface area contributed by atoms with Crippen molar-refractivity contribution in [2.75, 3.05) is 13.1 Å². The first-order valence-corrected chi connectivity index (χ1v) is 6.09. The van der Waals surface area contributed by atoms with Crippen molar-refractivity contribution in [1.82, 2.24) is 10.2 Å². The topological polar surface area (TPSA) is 104 Å². The molecular formula is C14H12N2O5. The van der Waals surface area contributed by atoms with Gasteiger partial charge in [0.05, 0.1) is 0 Å². The number of nitrogens with one attached hydrogen (secondary N) is 1. The predicted molar refractivity (Wildman–Crippen MR) is 72.2 cm³/mol. The Hall–Kier alpha value is -2.96. The van der Waals surface area contributed by atoms with E-state index in [0.29, 0.717) is 11.1 Å². The Morgan fingerprint density at radius 3 is 2.19 bits per heavy atom. The standard InChI is InChI=1S/C14H12N2O5/c17-11-7-16(8-12(18)15-11)14(21)10-4-1-9(2-5-10)3-6-13(19)20/h1-6H,7-8H2,(H,19,20)(H,15,17,18). The fraction of sp³-hybridized carbons (Fsp3) is 0.143. The molecule has 0 atom stereocenters. The van der Waals surface area contributed by atoms with E-state index >= 15 is 0 Å². The van der Waals surface area contributed by atoms with Gasteiger partial charge in [0.1, 0.15) is 13.1 Å². The van der Waals surface area contributed by atoms with E-state index in [9.17, 15) is 19.2 Å². The molecule has 3 amide bonds. The molecule has 1 fully saturated rings. The molecule has 0 aliphatic carbocycles. The number of rotatable bonds is 3. The van der Waals surface area contributed by atoms with Gasteiger partial charge in [-0.3, -0.25) is 19.7 Å². The monoisotopic (exact) mass is 288 g/mol. The summed E-state index contributed by atoms with van der Waals surface area (Å²) in [5.74, 6) is -2.51. The molecule has 0 unspecified atom stereocenters. The molecule has 2 N–H and O–H groups in total. The van der Waals surface area contributed by atoms with Gasteiger partial charge in [0.25, 0.3) is 5.91 Å². The first-order valence-electron chi connectivity index (χ1n) is 6.09. The minimum atomic E-state index is -1.06. The largest absolute Gasteiger partial charge is 0.478 e. The molecule has 0 saturated carbocycles. The molecule has 1 saturated heterocycles. The van der Waals surface area contributed by atoms with Crippen molar-refractivity contribution < 1.29 is 24.3 Å². The maximum Gasteiger partial charge on any atom is 0.328 e. The van der Waals surface area contributed by atoms with Crippen LogP contribution in [0.15, 0.2) is 30.3 Å². The Labute approximate surface area is 119 Å². The first-order chi connectivity index (χ1) is 9.95. The Morgan fingerprint density at radius 1 is 1.10 bits per heavy atom. The van der Waals surface area contributed by atoms with Crippen LogP contribution in [0.1, 0.15) is 15.9 Å². The predicted octanol–water partition coefficient (Wildman–Crippen LogP) is -0.117. The minimum Gasteiger partial charge on any atom is -0.478 e. The first kappa shape index (κ1) is 14.4. The second kappa shape index (κ2) is 6.00. The van der Waals surface area contributed by atoms with E-state index in [2.05, 4.69) is 5.32 Å². The van der Waals surface area contributed by atoms with Gasteiger partial charge in [-0.1, -0.05) is 12.1 Å². The lowest BCUT2D eigenvalue weighted by molar-refractivity contribution is -0.135. The number of piperazine rings is 1. The summed E-state index contributed by atoms with van der Waals surface area (Å²) in [5.41, 5.74) is 0.950. The molecule has 21 heavy (non-hydrogen) atoms. The molecule has 1 aliphatic heterocycles. The molecule has 1 heterocycles. The lowest BCUT2D eigenvalue weighted by Gasteiger charge is -2.25. The number of aliphatic carboxylic acids is 1. The zero-order valence-electron chi connectivity index (χ0n) is 10.9. The molecule has 1 aliphatic rings. The van der Waals surface area contributed by atoms with E-state index < -0.39 is 23.7 Å². The van der Waals surface area contributed by atoms with Crippen LogP contribution in [0.25, 0.3) is 6.08 Å². The zero-order valence-corrected chi connectivity index (χ0v) is 10.9. The fourth-order valence-electron chi connectivity index (χ4n) is 1.87. The number of carboxylic acids is 1. The number of amides is 3. The second-order valence-electron chi connectivity index (χ2n) is 4.43. The molecule has 108 valence electrons. The Balaban J connectivity index is 2.11. The van der Waals surface area contributed by atoms with Crippen LogP contribution in [0.3, 0.4) is 0 Å². The lowest BCUT2D eigenvalue weighted by Crippen LogP contribution is -2.53. The highest BCUT2D eigenvalue weighted by Gasteiger charge is 2.26. The second-order valence-corrected chi connectivity index (χ2v) is 4.43. The van der Waals surface area contributed by atoms with Crippen LogP contribution in [-0.2, 0) is 14.4 Å². The summed E-state index contributed by atoms with van der Waals surface area (Å²) in [7, 11) is 0. The van der Waals surface area contributed by atoms with Gasteiger partial charge in [0.2, 0.25) is 11.8 Å². The van der Waals surface area contributed by atoms with Gasteiger partial charge in [-0.2, -0.15) is 0 Å². The third-order valence-corrected chi connectivity index (χ3v) is 2.81. The molecule has 7 heteroatoms. The minimum absolute atomic E-state index is 0.161. The van der Waals surface area contributed by atoms with E-state index in [1.54, 1.807) is 12.1 Å². The maximum atomic E-state index is 12.1. The summed E-state index contributed by atoms with van der Waals surface area (Å²) in [5, 5.41) is 10.6. The quantitative estimate of drug-likeness (QED) is 0.596. The van der Waals surface area contributed by atoms with E-state index in [0.717, 1.165) is 11.0 Å². The number of carboxylic acid groups (broad SMARTS) is 1. The van der Waals surface area contributed by atoms with Crippen LogP contribution >= 0.6 is 0 Å². The third kappa shape index (κ3) is 3.75. The van der Waals surface area contributed by atoms with Gasteiger partial charge in [-0.15, -0.1) is 0 Å². The summed E-state index contributed by atoms with van der Waals surface area (Å²) in [6.45, 7) is -0.323. The molecule has 0 bridgehead atoms. The van der Waals surface area contributed by atoms with Gasteiger partial charge in [-0.05, 0) is 23.8 Å². The van der Waals surface area contributed by atoms with Gasteiger partial charge >= 0.3 is 5.97 Å². The van der Waals surface area contributed by atoms with E-state index in [4.69, 9.17) is 5.11 Å².